The van der Waals surface area contributed by atoms with Gasteiger partial charge >= 0.3 is 6.18 Å². The number of aromatic nitrogens is 4. The molecule has 1 saturated heterocycles. The Bertz CT molecular complexity index is 898. The zero-order valence-corrected chi connectivity index (χ0v) is 13.2. The molecule has 0 amide bonds. The number of anilines is 1. The maximum atomic E-state index is 13.0. The van der Waals surface area contributed by atoms with Gasteiger partial charge in [0.1, 0.15) is 5.65 Å². The minimum Gasteiger partial charge on any atom is -0.338 e. The summed E-state index contributed by atoms with van der Waals surface area (Å²) in [4.78, 5) is 15.0. The highest BCUT2D eigenvalue weighted by atomic mass is 19.4. The predicted molar refractivity (Wildman–Crippen MR) is 86.3 cm³/mol. The first kappa shape index (κ1) is 15.8. The Hall–Kier alpha value is -2.68. The van der Waals surface area contributed by atoms with Crippen LogP contribution in [0.2, 0.25) is 0 Å². The third-order valence-electron chi connectivity index (χ3n) is 4.14. The number of hydrogen-bond acceptors (Lipinski definition) is 5. The summed E-state index contributed by atoms with van der Waals surface area (Å²) in [6.07, 6.45) is -0.219. The molecule has 6 nitrogen and oxygen atoms in total. The van der Waals surface area contributed by atoms with Crippen LogP contribution >= 0.6 is 0 Å². The SMILES string of the molecule is FC(F)(F)c1ccc2ncc(-c3ccnc(N4CCNCC4)n3)n2c1. The molecule has 0 unspecified atom stereocenters. The largest absolute Gasteiger partial charge is 0.417 e. The van der Waals surface area contributed by atoms with E-state index in [1.807, 2.05) is 4.90 Å². The molecule has 4 heterocycles. The minimum absolute atomic E-state index is 0.435. The quantitative estimate of drug-likeness (QED) is 0.770. The molecule has 0 spiro atoms. The second-order valence-electron chi connectivity index (χ2n) is 5.77. The first-order valence-corrected chi connectivity index (χ1v) is 7.86. The molecule has 4 rings (SSSR count). The summed E-state index contributed by atoms with van der Waals surface area (Å²) in [5, 5.41) is 3.25. The van der Waals surface area contributed by atoms with Crippen molar-refractivity contribution >= 4 is 11.6 Å². The Balaban J connectivity index is 1.76. The van der Waals surface area contributed by atoms with Gasteiger partial charge in [-0.15, -0.1) is 0 Å². The lowest BCUT2D eigenvalue weighted by molar-refractivity contribution is -0.137. The van der Waals surface area contributed by atoms with Gasteiger partial charge in [-0.1, -0.05) is 0 Å². The van der Waals surface area contributed by atoms with Crippen molar-refractivity contribution in [1.82, 2.24) is 24.7 Å². The molecule has 0 saturated carbocycles. The van der Waals surface area contributed by atoms with Gasteiger partial charge in [0.05, 0.1) is 23.1 Å². The van der Waals surface area contributed by atoms with Crippen LogP contribution in [0.1, 0.15) is 5.56 Å². The van der Waals surface area contributed by atoms with Crippen LogP contribution in [0.25, 0.3) is 17.0 Å². The van der Waals surface area contributed by atoms with Crippen molar-refractivity contribution in [3.63, 3.8) is 0 Å². The van der Waals surface area contributed by atoms with E-state index in [1.54, 1.807) is 12.3 Å². The van der Waals surface area contributed by atoms with E-state index in [-0.39, 0.29) is 0 Å². The van der Waals surface area contributed by atoms with Gasteiger partial charge in [0, 0.05) is 38.6 Å². The monoisotopic (exact) mass is 348 g/mol. The van der Waals surface area contributed by atoms with Crippen LogP contribution < -0.4 is 10.2 Å². The summed E-state index contributed by atoms with van der Waals surface area (Å²) in [5.74, 6) is 0.570. The Labute approximate surface area is 141 Å². The molecule has 0 bridgehead atoms. The molecule has 3 aromatic heterocycles. The van der Waals surface area contributed by atoms with E-state index in [1.165, 1.54) is 16.7 Å². The standard InChI is InChI=1S/C16H15F3N6/c17-16(18,19)11-1-2-14-22-9-13(25(14)10-11)12-3-4-21-15(23-12)24-7-5-20-6-8-24/h1-4,9-10,20H,5-8H2. The Morgan fingerprint density at radius 3 is 2.60 bits per heavy atom. The lowest BCUT2D eigenvalue weighted by Gasteiger charge is -2.27. The van der Waals surface area contributed by atoms with Gasteiger partial charge in [0.25, 0.3) is 0 Å². The van der Waals surface area contributed by atoms with E-state index < -0.39 is 11.7 Å². The number of halogens is 3. The number of nitrogens with zero attached hydrogens (tertiary/aromatic N) is 5. The summed E-state index contributed by atoms with van der Waals surface area (Å²) < 4.78 is 40.4. The van der Waals surface area contributed by atoms with Gasteiger partial charge in [0.2, 0.25) is 5.95 Å². The fourth-order valence-electron chi connectivity index (χ4n) is 2.85. The fraction of sp³-hybridized carbons (Fsp3) is 0.312. The first-order valence-electron chi connectivity index (χ1n) is 7.86. The van der Waals surface area contributed by atoms with E-state index in [4.69, 9.17) is 0 Å². The summed E-state index contributed by atoms with van der Waals surface area (Å²) in [6, 6.07) is 4.05. The highest BCUT2D eigenvalue weighted by Gasteiger charge is 2.31. The summed E-state index contributed by atoms with van der Waals surface area (Å²) in [7, 11) is 0. The van der Waals surface area contributed by atoms with E-state index in [9.17, 15) is 13.2 Å². The van der Waals surface area contributed by atoms with Crippen LogP contribution in [0.4, 0.5) is 19.1 Å². The van der Waals surface area contributed by atoms with E-state index in [0.717, 1.165) is 38.4 Å². The highest BCUT2D eigenvalue weighted by Crippen LogP contribution is 2.30. The number of fused-ring (bicyclic) bond motifs is 1. The molecule has 1 aliphatic heterocycles. The van der Waals surface area contributed by atoms with Crippen molar-refractivity contribution in [2.24, 2.45) is 0 Å². The molecule has 0 radical (unpaired) electrons. The van der Waals surface area contributed by atoms with Crippen molar-refractivity contribution < 1.29 is 13.2 Å². The average Bonchev–Trinajstić information content (AvgIpc) is 3.05. The van der Waals surface area contributed by atoms with Crippen LogP contribution in [0.15, 0.2) is 36.8 Å². The third kappa shape index (κ3) is 3.02. The number of rotatable bonds is 2. The number of pyridine rings is 1. The van der Waals surface area contributed by atoms with Gasteiger partial charge in [-0.25, -0.2) is 15.0 Å². The van der Waals surface area contributed by atoms with E-state index in [0.29, 0.717) is 23.0 Å². The summed E-state index contributed by atoms with van der Waals surface area (Å²) >= 11 is 0. The van der Waals surface area contributed by atoms with Gasteiger partial charge in [-0.05, 0) is 18.2 Å². The molecule has 0 atom stereocenters. The first-order chi connectivity index (χ1) is 12.0. The van der Waals surface area contributed by atoms with E-state index in [2.05, 4.69) is 20.3 Å². The highest BCUT2D eigenvalue weighted by molar-refractivity contribution is 5.61. The van der Waals surface area contributed by atoms with Crippen molar-refractivity contribution in [3.8, 4) is 11.4 Å². The van der Waals surface area contributed by atoms with Gasteiger partial charge in [-0.3, -0.25) is 4.40 Å². The fourth-order valence-corrected chi connectivity index (χ4v) is 2.85. The maximum absolute atomic E-state index is 13.0. The number of piperazine rings is 1. The maximum Gasteiger partial charge on any atom is 0.417 e. The van der Waals surface area contributed by atoms with Crippen LogP contribution in [-0.4, -0.2) is 45.5 Å². The van der Waals surface area contributed by atoms with Crippen molar-refractivity contribution in [3.05, 3.63) is 42.4 Å². The Morgan fingerprint density at radius 2 is 1.84 bits per heavy atom. The molecular weight excluding hydrogens is 333 g/mol. The molecule has 1 N–H and O–H groups in total. The van der Waals surface area contributed by atoms with Crippen molar-refractivity contribution in [1.29, 1.82) is 0 Å². The lowest BCUT2D eigenvalue weighted by atomic mass is 10.2. The smallest absolute Gasteiger partial charge is 0.338 e. The number of imidazole rings is 1. The molecular formula is C16H15F3N6. The molecule has 25 heavy (non-hydrogen) atoms. The van der Waals surface area contributed by atoms with Gasteiger partial charge < -0.3 is 10.2 Å². The Kier molecular flexibility index (Phi) is 3.79. The molecule has 3 aromatic rings. The minimum atomic E-state index is -4.41. The second kappa shape index (κ2) is 5.99. The zero-order chi connectivity index (χ0) is 17.4. The number of alkyl halides is 3. The predicted octanol–water partition coefficient (Wildman–Crippen LogP) is 2.22. The zero-order valence-electron chi connectivity index (χ0n) is 13.2. The lowest BCUT2D eigenvalue weighted by Crippen LogP contribution is -2.44. The molecule has 130 valence electrons. The topological polar surface area (TPSA) is 58.4 Å². The van der Waals surface area contributed by atoms with Crippen LogP contribution in [0.3, 0.4) is 0 Å². The van der Waals surface area contributed by atoms with Gasteiger partial charge in [0.15, 0.2) is 0 Å². The molecule has 0 aliphatic carbocycles. The molecule has 1 aliphatic rings. The van der Waals surface area contributed by atoms with E-state index >= 15 is 0 Å². The summed E-state index contributed by atoms with van der Waals surface area (Å²) in [5.41, 5.74) is 0.746. The number of nitrogens with one attached hydrogen (secondary N) is 1. The average molecular weight is 348 g/mol. The molecule has 9 heteroatoms. The van der Waals surface area contributed by atoms with Gasteiger partial charge in [-0.2, -0.15) is 13.2 Å². The van der Waals surface area contributed by atoms with Crippen molar-refractivity contribution in [2.75, 3.05) is 31.1 Å². The van der Waals surface area contributed by atoms with Crippen molar-refractivity contribution in [2.45, 2.75) is 6.18 Å². The van der Waals surface area contributed by atoms with Crippen LogP contribution in [0, 0.1) is 0 Å². The Morgan fingerprint density at radius 1 is 1.04 bits per heavy atom. The molecule has 0 aromatic carbocycles. The molecule has 1 fully saturated rings. The third-order valence-corrected chi connectivity index (χ3v) is 4.14. The second-order valence-corrected chi connectivity index (χ2v) is 5.77. The van der Waals surface area contributed by atoms with Crippen LogP contribution in [-0.2, 0) is 6.18 Å². The normalized spacial score (nSPS) is 15.7. The van der Waals surface area contributed by atoms with Crippen LogP contribution in [0.5, 0.6) is 0 Å². The number of hydrogen-bond donors (Lipinski definition) is 1. The summed E-state index contributed by atoms with van der Waals surface area (Å²) in [6.45, 7) is 3.26.